The molecular formula is C20H25FN4O2. The summed E-state index contributed by atoms with van der Waals surface area (Å²) >= 11 is 0. The first-order chi connectivity index (χ1) is 13.0. The lowest BCUT2D eigenvalue weighted by molar-refractivity contribution is 0.183. The van der Waals surface area contributed by atoms with Crippen LogP contribution in [0.15, 0.2) is 42.7 Å². The number of anilines is 1. The summed E-state index contributed by atoms with van der Waals surface area (Å²) in [5.41, 5.74) is 1.51. The van der Waals surface area contributed by atoms with E-state index in [0.717, 1.165) is 11.3 Å². The summed E-state index contributed by atoms with van der Waals surface area (Å²) in [4.78, 5) is 20.2. The van der Waals surface area contributed by atoms with Gasteiger partial charge in [0.15, 0.2) is 5.82 Å². The van der Waals surface area contributed by atoms with Crippen LogP contribution in [-0.2, 0) is 0 Å². The number of carbonyl (C=O) groups excluding carboxylic acids is 1. The summed E-state index contributed by atoms with van der Waals surface area (Å²) in [6.45, 7) is 5.56. The lowest BCUT2D eigenvalue weighted by Crippen LogP contribution is -2.56. The molecule has 1 N–H and O–H groups in total. The van der Waals surface area contributed by atoms with Crippen molar-refractivity contribution in [1.29, 1.82) is 0 Å². The number of benzene rings is 1. The fraction of sp³-hybridized carbons (Fsp3) is 0.400. The minimum atomic E-state index is -0.339. The van der Waals surface area contributed by atoms with Crippen molar-refractivity contribution in [3.8, 4) is 5.75 Å². The largest absolute Gasteiger partial charge is 0.497 e. The second-order valence-electron chi connectivity index (χ2n) is 6.76. The molecule has 0 radical (unpaired) electrons. The van der Waals surface area contributed by atoms with E-state index in [0.29, 0.717) is 25.3 Å². The molecule has 1 aromatic carbocycles. The third kappa shape index (κ3) is 4.30. The molecule has 0 bridgehead atoms. The predicted molar refractivity (Wildman–Crippen MR) is 103 cm³/mol. The van der Waals surface area contributed by atoms with Crippen LogP contribution < -0.4 is 15.0 Å². The van der Waals surface area contributed by atoms with Crippen molar-refractivity contribution in [2.45, 2.75) is 25.9 Å². The maximum atomic E-state index is 14.0. The van der Waals surface area contributed by atoms with Crippen LogP contribution in [0.4, 0.5) is 14.9 Å². The molecule has 1 aliphatic rings. The van der Waals surface area contributed by atoms with Crippen LogP contribution in [0.1, 0.15) is 25.5 Å². The van der Waals surface area contributed by atoms with Gasteiger partial charge in [0.2, 0.25) is 0 Å². The molecule has 6 nitrogen and oxygen atoms in total. The lowest BCUT2D eigenvalue weighted by Gasteiger charge is -2.41. The van der Waals surface area contributed by atoms with Crippen LogP contribution in [0.25, 0.3) is 0 Å². The second kappa shape index (κ2) is 8.24. The number of nitrogens with zero attached hydrogens (tertiary/aromatic N) is 3. The van der Waals surface area contributed by atoms with Crippen molar-refractivity contribution in [3.63, 3.8) is 0 Å². The number of halogens is 1. The SMILES string of the molecule is COc1cccc([C@@H](C)NC(=O)N2CCN(c3ccncc3F)[C@H](C)C2)c1. The van der Waals surface area contributed by atoms with Gasteiger partial charge in [-0.1, -0.05) is 12.1 Å². The van der Waals surface area contributed by atoms with E-state index in [9.17, 15) is 9.18 Å². The summed E-state index contributed by atoms with van der Waals surface area (Å²) in [5, 5.41) is 3.03. The minimum absolute atomic E-state index is 0.00789. The maximum Gasteiger partial charge on any atom is 0.318 e. The molecule has 1 aromatic heterocycles. The van der Waals surface area contributed by atoms with E-state index in [-0.39, 0.29) is 23.9 Å². The zero-order chi connectivity index (χ0) is 19.4. The molecule has 0 spiro atoms. The van der Waals surface area contributed by atoms with Crippen molar-refractivity contribution in [2.75, 3.05) is 31.6 Å². The molecule has 1 fully saturated rings. The summed E-state index contributed by atoms with van der Waals surface area (Å²) in [6, 6.07) is 9.07. The van der Waals surface area contributed by atoms with Gasteiger partial charge in [-0.25, -0.2) is 9.18 Å². The standard InChI is InChI=1S/C20H25FN4O2/c1-14-13-24(9-10-25(14)19-7-8-22-12-18(19)21)20(26)23-15(2)16-5-4-6-17(11-16)27-3/h4-8,11-12,14-15H,9-10,13H2,1-3H3,(H,23,26)/t14-,15-/m1/s1. The van der Waals surface area contributed by atoms with Crippen LogP contribution in [0.3, 0.4) is 0 Å². The monoisotopic (exact) mass is 372 g/mol. The first-order valence-electron chi connectivity index (χ1n) is 9.05. The summed E-state index contributed by atoms with van der Waals surface area (Å²) < 4.78 is 19.3. The summed E-state index contributed by atoms with van der Waals surface area (Å²) in [5.74, 6) is 0.420. The Morgan fingerprint density at radius 2 is 2.19 bits per heavy atom. The molecule has 2 aromatic rings. The fourth-order valence-electron chi connectivity index (χ4n) is 3.37. The lowest BCUT2D eigenvalue weighted by atomic mass is 10.1. The van der Waals surface area contributed by atoms with Crippen molar-refractivity contribution in [1.82, 2.24) is 15.2 Å². The maximum absolute atomic E-state index is 14.0. The van der Waals surface area contributed by atoms with Gasteiger partial charge in [-0.2, -0.15) is 0 Å². The van der Waals surface area contributed by atoms with E-state index in [1.54, 1.807) is 24.3 Å². The van der Waals surface area contributed by atoms with Gasteiger partial charge in [0.1, 0.15) is 5.75 Å². The number of pyridine rings is 1. The van der Waals surface area contributed by atoms with Crippen molar-refractivity contribution in [2.24, 2.45) is 0 Å². The summed E-state index contributed by atoms with van der Waals surface area (Å²) in [7, 11) is 1.62. The fourth-order valence-corrected chi connectivity index (χ4v) is 3.37. The van der Waals surface area contributed by atoms with Gasteiger partial charge < -0.3 is 19.9 Å². The van der Waals surface area contributed by atoms with E-state index >= 15 is 0 Å². The number of methoxy groups -OCH3 is 1. The Balaban J connectivity index is 1.61. The minimum Gasteiger partial charge on any atom is -0.497 e. The molecule has 3 rings (SSSR count). The van der Waals surface area contributed by atoms with Crippen molar-refractivity contribution >= 4 is 11.7 Å². The first-order valence-corrected chi connectivity index (χ1v) is 9.05. The number of piperazine rings is 1. The predicted octanol–water partition coefficient (Wildman–Crippen LogP) is 3.21. The van der Waals surface area contributed by atoms with Gasteiger partial charge in [-0.3, -0.25) is 4.98 Å². The number of nitrogens with one attached hydrogen (secondary N) is 1. The quantitative estimate of drug-likeness (QED) is 0.895. The highest BCUT2D eigenvalue weighted by Gasteiger charge is 2.28. The van der Waals surface area contributed by atoms with Gasteiger partial charge in [-0.05, 0) is 37.6 Å². The molecule has 27 heavy (non-hydrogen) atoms. The summed E-state index contributed by atoms with van der Waals surface area (Å²) in [6.07, 6.45) is 2.80. The third-order valence-electron chi connectivity index (χ3n) is 4.91. The van der Waals surface area contributed by atoms with Gasteiger partial charge in [0.25, 0.3) is 0 Å². The van der Waals surface area contributed by atoms with Crippen molar-refractivity contribution < 1.29 is 13.9 Å². The zero-order valence-electron chi connectivity index (χ0n) is 15.9. The Bertz CT molecular complexity index is 801. The van der Waals surface area contributed by atoms with E-state index in [2.05, 4.69) is 10.3 Å². The smallest absolute Gasteiger partial charge is 0.318 e. The van der Waals surface area contributed by atoms with E-state index in [1.807, 2.05) is 43.0 Å². The van der Waals surface area contributed by atoms with E-state index in [1.165, 1.54) is 6.20 Å². The third-order valence-corrected chi connectivity index (χ3v) is 4.91. The zero-order valence-corrected chi connectivity index (χ0v) is 15.9. The first kappa shape index (κ1) is 18.9. The number of rotatable bonds is 4. The molecule has 2 heterocycles. The topological polar surface area (TPSA) is 57.7 Å². The molecule has 1 saturated heterocycles. The van der Waals surface area contributed by atoms with Gasteiger partial charge in [-0.15, -0.1) is 0 Å². The highest BCUT2D eigenvalue weighted by Crippen LogP contribution is 2.23. The van der Waals surface area contributed by atoms with Crippen LogP contribution in [-0.4, -0.2) is 48.7 Å². The average Bonchev–Trinajstić information content (AvgIpc) is 2.68. The Kier molecular flexibility index (Phi) is 5.78. The Hall–Kier alpha value is -2.83. The number of amides is 2. The molecule has 2 atom stereocenters. The van der Waals surface area contributed by atoms with Crippen molar-refractivity contribution in [3.05, 3.63) is 54.1 Å². The van der Waals surface area contributed by atoms with Crippen LogP contribution in [0.5, 0.6) is 5.75 Å². The molecule has 7 heteroatoms. The number of hydrogen-bond acceptors (Lipinski definition) is 4. The Labute approximate surface area is 158 Å². The molecule has 0 unspecified atom stereocenters. The Morgan fingerprint density at radius 1 is 1.37 bits per heavy atom. The van der Waals surface area contributed by atoms with Gasteiger partial charge >= 0.3 is 6.03 Å². The molecule has 0 saturated carbocycles. The highest BCUT2D eigenvalue weighted by atomic mass is 19.1. The van der Waals surface area contributed by atoms with E-state index < -0.39 is 0 Å². The second-order valence-corrected chi connectivity index (χ2v) is 6.76. The molecular weight excluding hydrogens is 347 g/mol. The highest BCUT2D eigenvalue weighted by molar-refractivity contribution is 5.75. The number of carbonyl (C=O) groups is 1. The van der Waals surface area contributed by atoms with Crippen LogP contribution in [0.2, 0.25) is 0 Å². The average molecular weight is 372 g/mol. The van der Waals surface area contributed by atoms with Gasteiger partial charge in [0.05, 0.1) is 25.0 Å². The normalized spacial score (nSPS) is 18.1. The molecule has 0 aliphatic carbocycles. The van der Waals surface area contributed by atoms with E-state index in [4.69, 9.17) is 4.74 Å². The number of aromatic nitrogens is 1. The molecule has 2 amide bonds. The molecule has 144 valence electrons. The molecule has 1 aliphatic heterocycles. The van der Waals surface area contributed by atoms with Gasteiger partial charge in [0, 0.05) is 31.9 Å². The van der Waals surface area contributed by atoms with Crippen LogP contribution >= 0.6 is 0 Å². The Morgan fingerprint density at radius 3 is 2.89 bits per heavy atom. The number of urea groups is 1. The number of hydrogen-bond donors (Lipinski definition) is 1. The number of ether oxygens (including phenoxy) is 1. The van der Waals surface area contributed by atoms with Crippen LogP contribution in [0, 0.1) is 5.82 Å².